The lowest BCUT2D eigenvalue weighted by Crippen LogP contribution is -2.15. The van der Waals surface area contributed by atoms with E-state index in [1.807, 2.05) is 12.1 Å². The van der Waals surface area contributed by atoms with Crippen LogP contribution < -0.4 is 0 Å². The number of para-hydroxylation sites is 2. The summed E-state index contributed by atoms with van der Waals surface area (Å²) in [6, 6.07) is 48.1. The first-order valence-electron chi connectivity index (χ1n) is 14.8. The highest BCUT2D eigenvalue weighted by Gasteiger charge is 2.36. The number of hydrogen-bond donors (Lipinski definition) is 0. The van der Waals surface area contributed by atoms with Gasteiger partial charge in [-0.1, -0.05) is 80.6 Å². The SMILES string of the molecule is CC1(C)c2ccccc2-c2cc3c4ccccc4n(-c4cccc(-n5c6ccccc6c6cc(C#N)ccc65)c4)c3cc21. The van der Waals surface area contributed by atoms with Gasteiger partial charge in [-0.3, -0.25) is 0 Å². The third-order valence-electron chi connectivity index (χ3n) is 9.52. The highest BCUT2D eigenvalue weighted by molar-refractivity contribution is 6.12. The molecule has 0 spiro atoms. The van der Waals surface area contributed by atoms with Crippen LogP contribution in [0.2, 0.25) is 0 Å². The molecule has 3 nitrogen and oxygen atoms in total. The van der Waals surface area contributed by atoms with Crippen LogP contribution in [-0.2, 0) is 5.41 Å². The molecule has 2 aromatic heterocycles. The summed E-state index contributed by atoms with van der Waals surface area (Å²) in [6.45, 7) is 4.69. The van der Waals surface area contributed by atoms with Crippen molar-refractivity contribution in [3.05, 3.63) is 144 Å². The number of nitrogens with zero attached hydrogens (tertiary/aromatic N) is 3. The molecule has 1 aliphatic carbocycles. The molecule has 0 aliphatic heterocycles. The molecule has 0 unspecified atom stereocenters. The Balaban J connectivity index is 1.33. The first-order chi connectivity index (χ1) is 21.0. The van der Waals surface area contributed by atoms with Crippen molar-refractivity contribution < 1.29 is 0 Å². The fourth-order valence-electron chi connectivity index (χ4n) is 7.53. The van der Waals surface area contributed by atoms with E-state index in [1.54, 1.807) is 0 Å². The summed E-state index contributed by atoms with van der Waals surface area (Å²) in [5.74, 6) is 0. The standard InChI is InChI=1S/C40H27N3/c1-40(2)34-15-6-3-12-28(34)31-22-33-30-14-5-8-17-37(30)43(39(33)23-35(31)40)27-11-9-10-26(21-27)42-36-16-7-4-13-29(36)32-20-25(24-41)18-19-38(32)42/h3-23H,1-2H3. The van der Waals surface area contributed by atoms with Crippen molar-refractivity contribution in [1.29, 1.82) is 5.26 Å². The maximum absolute atomic E-state index is 9.59. The molecule has 6 aromatic carbocycles. The zero-order valence-electron chi connectivity index (χ0n) is 24.0. The van der Waals surface area contributed by atoms with E-state index in [4.69, 9.17) is 0 Å². The van der Waals surface area contributed by atoms with E-state index in [0.29, 0.717) is 5.56 Å². The van der Waals surface area contributed by atoms with Crippen LogP contribution in [0.1, 0.15) is 30.5 Å². The summed E-state index contributed by atoms with van der Waals surface area (Å²) in [5, 5.41) is 14.4. The zero-order valence-corrected chi connectivity index (χ0v) is 24.0. The molecular formula is C40H27N3. The van der Waals surface area contributed by atoms with Crippen LogP contribution in [0, 0.1) is 11.3 Å². The van der Waals surface area contributed by atoms with Gasteiger partial charge in [-0.05, 0) is 82.9 Å². The highest BCUT2D eigenvalue weighted by Crippen LogP contribution is 2.51. The second-order valence-electron chi connectivity index (χ2n) is 12.2. The predicted octanol–water partition coefficient (Wildman–Crippen LogP) is 10.1. The molecule has 1 aliphatic rings. The van der Waals surface area contributed by atoms with E-state index < -0.39 is 0 Å². The molecule has 0 N–H and O–H groups in total. The van der Waals surface area contributed by atoms with Crippen LogP contribution in [-0.4, -0.2) is 9.13 Å². The summed E-state index contributed by atoms with van der Waals surface area (Å²) in [7, 11) is 0. The molecule has 43 heavy (non-hydrogen) atoms. The predicted molar refractivity (Wildman–Crippen MR) is 177 cm³/mol. The van der Waals surface area contributed by atoms with Crippen molar-refractivity contribution in [2.24, 2.45) is 0 Å². The minimum Gasteiger partial charge on any atom is -0.309 e. The van der Waals surface area contributed by atoms with Gasteiger partial charge < -0.3 is 9.13 Å². The number of fused-ring (bicyclic) bond motifs is 9. The summed E-state index contributed by atoms with van der Waals surface area (Å²) >= 11 is 0. The smallest absolute Gasteiger partial charge is 0.0991 e. The van der Waals surface area contributed by atoms with Gasteiger partial charge >= 0.3 is 0 Å². The van der Waals surface area contributed by atoms with Gasteiger partial charge in [0.1, 0.15) is 0 Å². The van der Waals surface area contributed by atoms with Crippen LogP contribution in [0.3, 0.4) is 0 Å². The normalized spacial score (nSPS) is 13.5. The first kappa shape index (κ1) is 24.1. The quantitative estimate of drug-likeness (QED) is 0.211. The van der Waals surface area contributed by atoms with Crippen molar-refractivity contribution in [3.8, 4) is 28.6 Å². The van der Waals surface area contributed by atoms with Gasteiger partial charge in [0, 0.05) is 38.3 Å². The van der Waals surface area contributed by atoms with Crippen molar-refractivity contribution in [1.82, 2.24) is 9.13 Å². The Morgan fingerprint density at radius 1 is 0.488 bits per heavy atom. The van der Waals surface area contributed by atoms with Gasteiger partial charge in [0.25, 0.3) is 0 Å². The maximum atomic E-state index is 9.59. The van der Waals surface area contributed by atoms with Crippen LogP contribution in [0.5, 0.6) is 0 Å². The summed E-state index contributed by atoms with van der Waals surface area (Å²) in [4.78, 5) is 0. The minimum atomic E-state index is -0.0749. The third-order valence-corrected chi connectivity index (χ3v) is 9.52. The molecule has 0 radical (unpaired) electrons. The van der Waals surface area contributed by atoms with Gasteiger partial charge in [-0.15, -0.1) is 0 Å². The Morgan fingerprint density at radius 2 is 1.09 bits per heavy atom. The largest absolute Gasteiger partial charge is 0.309 e. The van der Waals surface area contributed by atoms with E-state index in [9.17, 15) is 5.26 Å². The number of hydrogen-bond acceptors (Lipinski definition) is 1. The lowest BCUT2D eigenvalue weighted by atomic mass is 9.82. The first-order valence-corrected chi connectivity index (χ1v) is 14.8. The molecule has 0 saturated heterocycles. The molecule has 0 bridgehead atoms. The number of benzene rings is 6. The van der Waals surface area contributed by atoms with Gasteiger partial charge in [0.15, 0.2) is 0 Å². The molecule has 0 atom stereocenters. The van der Waals surface area contributed by atoms with E-state index >= 15 is 0 Å². The average Bonchev–Trinajstić information content (AvgIpc) is 3.63. The topological polar surface area (TPSA) is 33.6 Å². The van der Waals surface area contributed by atoms with Crippen molar-refractivity contribution in [2.75, 3.05) is 0 Å². The van der Waals surface area contributed by atoms with Crippen LogP contribution in [0.4, 0.5) is 0 Å². The Labute approximate surface area is 249 Å². The Hall–Kier alpha value is -5.59. The lowest BCUT2D eigenvalue weighted by Gasteiger charge is -2.21. The average molecular weight is 550 g/mol. The van der Waals surface area contributed by atoms with E-state index in [-0.39, 0.29) is 5.41 Å². The second kappa shape index (κ2) is 8.47. The third kappa shape index (κ3) is 3.18. The Bertz CT molecular complexity index is 2500. The lowest BCUT2D eigenvalue weighted by molar-refractivity contribution is 0.661. The Kier molecular flexibility index (Phi) is 4.74. The fraction of sp³-hybridized carbons (Fsp3) is 0.0750. The number of aromatic nitrogens is 2. The molecule has 0 amide bonds. The van der Waals surface area contributed by atoms with Crippen LogP contribution in [0.15, 0.2) is 127 Å². The zero-order chi connectivity index (χ0) is 28.9. The second-order valence-corrected chi connectivity index (χ2v) is 12.2. The van der Waals surface area contributed by atoms with E-state index in [1.165, 1.54) is 44.1 Å². The molecule has 2 heterocycles. The van der Waals surface area contributed by atoms with Crippen LogP contribution >= 0.6 is 0 Å². The van der Waals surface area contributed by atoms with Crippen molar-refractivity contribution in [2.45, 2.75) is 19.3 Å². The summed E-state index contributed by atoms with van der Waals surface area (Å²) in [6.07, 6.45) is 0. The fourth-order valence-corrected chi connectivity index (χ4v) is 7.53. The molecule has 0 saturated carbocycles. The van der Waals surface area contributed by atoms with Crippen molar-refractivity contribution >= 4 is 43.6 Å². The van der Waals surface area contributed by atoms with Gasteiger partial charge in [-0.25, -0.2) is 0 Å². The van der Waals surface area contributed by atoms with Gasteiger partial charge in [-0.2, -0.15) is 5.26 Å². The molecule has 3 heteroatoms. The molecule has 0 fully saturated rings. The van der Waals surface area contributed by atoms with Gasteiger partial charge in [0.2, 0.25) is 0 Å². The summed E-state index contributed by atoms with van der Waals surface area (Å²) in [5.41, 5.74) is 12.9. The molecule has 8 aromatic rings. The minimum absolute atomic E-state index is 0.0749. The van der Waals surface area contributed by atoms with Crippen molar-refractivity contribution in [3.63, 3.8) is 0 Å². The van der Waals surface area contributed by atoms with E-state index in [0.717, 1.165) is 33.2 Å². The van der Waals surface area contributed by atoms with Gasteiger partial charge in [0.05, 0.1) is 33.7 Å². The molecule has 202 valence electrons. The maximum Gasteiger partial charge on any atom is 0.0991 e. The number of rotatable bonds is 2. The number of nitriles is 1. The summed E-state index contributed by atoms with van der Waals surface area (Å²) < 4.78 is 4.75. The van der Waals surface area contributed by atoms with E-state index in [2.05, 4.69) is 144 Å². The van der Waals surface area contributed by atoms with Crippen LogP contribution in [0.25, 0.3) is 66.1 Å². The molecule has 9 rings (SSSR count). The molecular weight excluding hydrogens is 522 g/mol. The monoisotopic (exact) mass is 549 g/mol. The highest BCUT2D eigenvalue weighted by atomic mass is 15.0. The Morgan fingerprint density at radius 3 is 1.81 bits per heavy atom.